The molecule has 5 rings (SSSR count). The number of nitrogens with one attached hydrogen (secondary N) is 1. The Hall–Kier alpha value is -4.98. The molecule has 0 spiro atoms. The van der Waals surface area contributed by atoms with E-state index >= 15 is 0 Å². The normalized spacial score (nSPS) is 10.7. The van der Waals surface area contributed by atoms with E-state index in [-0.39, 0.29) is 5.91 Å². The standard InChI is InChI=1S/C30H27N5O3/c1-19-20(2)34-35(21(19)3)28-18-29(32-22(4)31-28)38-25-16-14-23(15-17-25)33-30(36)26-12-8-9-13-27(26)37-24-10-6-5-7-11-24/h5-18H,1-4H3,(H,33,36). The van der Waals surface area contributed by atoms with Crippen molar-refractivity contribution in [3.63, 3.8) is 0 Å². The van der Waals surface area contributed by atoms with Crippen LogP contribution < -0.4 is 14.8 Å². The summed E-state index contributed by atoms with van der Waals surface area (Å²) in [6.07, 6.45) is 0. The van der Waals surface area contributed by atoms with Gasteiger partial charge in [-0.15, -0.1) is 0 Å². The Morgan fingerprint density at radius 1 is 0.789 bits per heavy atom. The second-order valence-electron chi connectivity index (χ2n) is 8.81. The topological polar surface area (TPSA) is 91.2 Å². The maximum absolute atomic E-state index is 13.0. The zero-order chi connectivity index (χ0) is 26.6. The van der Waals surface area contributed by atoms with Crippen LogP contribution in [0.2, 0.25) is 0 Å². The maximum atomic E-state index is 13.0. The van der Waals surface area contributed by atoms with Crippen molar-refractivity contribution >= 4 is 11.6 Å². The lowest BCUT2D eigenvalue weighted by Crippen LogP contribution is -2.12. The van der Waals surface area contributed by atoms with Gasteiger partial charge in [-0.25, -0.2) is 9.67 Å². The van der Waals surface area contributed by atoms with Gasteiger partial charge in [-0.1, -0.05) is 30.3 Å². The fraction of sp³-hybridized carbons (Fsp3) is 0.133. The van der Waals surface area contributed by atoms with Gasteiger partial charge in [0.05, 0.1) is 11.3 Å². The van der Waals surface area contributed by atoms with Gasteiger partial charge in [0.2, 0.25) is 5.88 Å². The summed E-state index contributed by atoms with van der Waals surface area (Å²) in [6, 6.07) is 25.3. The number of anilines is 1. The Morgan fingerprint density at radius 2 is 1.47 bits per heavy atom. The van der Waals surface area contributed by atoms with Crippen LogP contribution in [-0.4, -0.2) is 25.7 Å². The van der Waals surface area contributed by atoms with Crippen LogP contribution in [0.5, 0.6) is 23.1 Å². The number of carbonyl (C=O) groups excluding carboxylic acids is 1. The molecule has 8 heteroatoms. The van der Waals surface area contributed by atoms with Crippen LogP contribution in [0, 0.1) is 27.7 Å². The van der Waals surface area contributed by atoms with Crippen LogP contribution in [0.15, 0.2) is 84.9 Å². The zero-order valence-corrected chi connectivity index (χ0v) is 21.6. The SMILES string of the molecule is Cc1nc(Oc2ccc(NC(=O)c3ccccc3Oc3ccccc3)cc2)cc(-n2nc(C)c(C)c2C)n1. The van der Waals surface area contributed by atoms with Crippen LogP contribution in [0.25, 0.3) is 5.82 Å². The lowest BCUT2D eigenvalue weighted by Gasteiger charge is -2.12. The van der Waals surface area contributed by atoms with Gasteiger partial charge >= 0.3 is 0 Å². The largest absolute Gasteiger partial charge is 0.457 e. The third-order valence-electron chi connectivity index (χ3n) is 6.11. The quantitative estimate of drug-likeness (QED) is 0.264. The Bertz CT molecular complexity index is 1590. The van der Waals surface area contributed by atoms with Gasteiger partial charge in [-0.3, -0.25) is 4.79 Å². The third-order valence-corrected chi connectivity index (χ3v) is 6.11. The molecule has 8 nitrogen and oxygen atoms in total. The molecule has 0 fully saturated rings. The molecule has 0 aliphatic carbocycles. The molecular weight excluding hydrogens is 478 g/mol. The number of hydrogen-bond donors (Lipinski definition) is 1. The fourth-order valence-electron chi connectivity index (χ4n) is 3.91. The zero-order valence-electron chi connectivity index (χ0n) is 21.6. The van der Waals surface area contributed by atoms with E-state index < -0.39 is 0 Å². The number of hydrogen-bond acceptors (Lipinski definition) is 6. The average molecular weight is 506 g/mol. The minimum absolute atomic E-state index is 0.276. The summed E-state index contributed by atoms with van der Waals surface area (Å²) in [4.78, 5) is 21.9. The Labute approximate surface area is 220 Å². The summed E-state index contributed by atoms with van der Waals surface area (Å²) in [6.45, 7) is 7.83. The molecule has 38 heavy (non-hydrogen) atoms. The number of nitrogens with zero attached hydrogens (tertiary/aromatic N) is 4. The number of aryl methyl sites for hydroxylation is 2. The van der Waals surface area contributed by atoms with E-state index in [0.717, 1.165) is 17.0 Å². The average Bonchev–Trinajstić information content (AvgIpc) is 3.17. The Balaban J connectivity index is 1.30. The number of rotatable bonds is 7. The first-order valence-corrected chi connectivity index (χ1v) is 12.2. The van der Waals surface area contributed by atoms with Crippen molar-refractivity contribution in [2.45, 2.75) is 27.7 Å². The molecule has 3 aromatic carbocycles. The van der Waals surface area contributed by atoms with E-state index in [4.69, 9.17) is 9.47 Å². The highest BCUT2D eigenvalue weighted by molar-refractivity contribution is 6.06. The highest BCUT2D eigenvalue weighted by Gasteiger charge is 2.15. The molecule has 2 aromatic heterocycles. The Kier molecular flexibility index (Phi) is 6.86. The second kappa shape index (κ2) is 10.6. The van der Waals surface area contributed by atoms with Crippen molar-refractivity contribution in [1.29, 1.82) is 0 Å². The van der Waals surface area contributed by atoms with Crippen molar-refractivity contribution in [2.75, 3.05) is 5.32 Å². The van der Waals surface area contributed by atoms with Gasteiger partial charge in [0, 0.05) is 17.4 Å². The monoisotopic (exact) mass is 505 g/mol. The van der Waals surface area contributed by atoms with Gasteiger partial charge < -0.3 is 14.8 Å². The van der Waals surface area contributed by atoms with Gasteiger partial charge in [-0.05, 0) is 81.8 Å². The van der Waals surface area contributed by atoms with Crippen LogP contribution in [0.1, 0.15) is 33.1 Å². The minimum Gasteiger partial charge on any atom is -0.457 e. The molecule has 2 heterocycles. The van der Waals surface area contributed by atoms with Crippen LogP contribution in [0.3, 0.4) is 0 Å². The van der Waals surface area contributed by atoms with Gasteiger partial charge in [0.25, 0.3) is 5.91 Å². The Morgan fingerprint density at radius 3 is 2.18 bits per heavy atom. The van der Waals surface area contributed by atoms with Crippen molar-refractivity contribution in [1.82, 2.24) is 19.7 Å². The van der Waals surface area contributed by atoms with E-state index in [1.165, 1.54) is 0 Å². The summed E-state index contributed by atoms with van der Waals surface area (Å²) in [5.74, 6) is 3.05. The second-order valence-corrected chi connectivity index (χ2v) is 8.81. The smallest absolute Gasteiger partial charge is 0.259 e. The first kappa shape index (κ1) is 24.7. The predicted molar refractivity (Wildman–Crippen MR) is 146 cm³/mol. The molecular formula is C30H27N5O3. The summed E-state index contributed by atoms with van der Waals surface area (Å²) in [5, 5.41) is 7.50. The molecule has 0 aliphatic rings. The molecule has 0 saturated heterocycles. The highest BCUT2D eigenvalue weighted by Crippen LogP contribution is 2.27. The summed E-state index contributed by atoms with van der Waals surface area (Å²) in [7, 11) is 0. The first-order chi connectivity index (χ1) is 18.4. The lowest BCUT2D eigenvalue weighted by atomic mass is 10.1. The number of carbonyl (C=O) groups is 1. The van der Waals surface area contributed by atoms with Crippen molar-refractivity contribution in [3.05, 3.63) is 113 Å². The number of aromatic nitrogens is 4. The molecule has 0 atom stereocenters. The van der Waals surface area contributed by atoms with Crippen molar-refractivity contribution in [3.8, 4) is 28.9 Å². The maximum Gasteiger partial charge on any atom is 0.259 e. The summed E-state index contributed by atoms with van der Waals surface area (Å²) < 4.78 is 13.7. The van der Waals surface area contributed by atoms with Gasteiger partial charge in [0.1, 0.15) is 23.1 Å². The van der Waals surface area contributed by atoms with Crippen molar-refractivity contribution in [2.24, 2.45) is 0 Å². The van der Waals surface area contributed by atoms with Crippen LogP contribution in [0.4, 0.5) is 5.69 Å². The molecule has 0 bridgehead atoms. The highest BCUT2D eigenvalue weighted by atomic mass is 16.5. The van der Waals surface area contributed by atoms with Crippen LogP contribution in [-0.2, 0) is 0 Å². The molecule has 5 aromatic rings. The van der Waals surface area contributed by atoms with E-state index in [2.05, 4.69) is 20.4 Å². The lowest BCUT2D eigenvalue weighted by molar-refractivity contribution is 0.102. The molecule has 0 aliphatic heterocycles. The van der Waals surface area contributed by atoms with Crippen molar-refractivity contribution < 1.29 is 14.3 Å². The third kappa shape index (κ3) is 5.39. The van der Waals surface area contributed by atoms with E-state index in [1.54, 1.807) is 53.2 Å². The molecule has 0 unspecified atom stereocenters. The number of benzene rings is 3. The first-order valence-electron chi connectivity index (χ1n) is 12.2. The number of ether oxygens (including phenoxy) is 2. The predicted octanol–water partition coefficient (Wildman–Crippen LogP) is 6.73. The molecule has 190 valence electrons. The molecule has 0 radical (unpaired) electrons. The number of amides is 1. The van der Waals surface area contributed by atoms with Gasteiger partial charge in [-0.2, -0.15) is 10.1 Å². The fourth-order valence-corrected chi connectivity index (χ4v) is 3.91. The molecule has 1 amide bonds. The summed E-state index contributed by atoms with van der Waals surface area (Å²) in [5.41, 5.74) is 4.14. The summed E-state index contributed by atoms with van der Waals surface area (Å²) >= 11 is 0. The van der Waals surface area contributed by atoms with E-state index in [0.29, 0.717) is 46.0 Å². The number of para-hydroxylation sites is 2. The molecule has 1 N–H and O–H groups in total. The molecule has 0 saturated carbocycles. The van der Waals surface area contributed by atoms with Gasteiger partial charge in [0.15, 0.2) is 5.82 Å². The van der Waals surface area contributed by atoms with Crippen LogP contribution >= 0.6 is 0 Å². The van der Waals surface area contributed by atoms with E-state index in [1.807, 2.05) is 64.1 Å². The van der Waals surface area contributed by atoms with E-state index in [9.17, 15) is 4.79 Å². The minimum atomic E-state index is -0.276.